The summed E-state index contributed by atoms with van der Waals surface area (Å²) in [5.74, 6) is 0. The summed E-state index contributed by atoms with van der Waals surface area (Å²) in [6.07, 6.45) is 0.899. The van der Waals surface area contributed by atoms with E-state index in [4.69, 9.17) is 11.6 Å². The van der Waals surface area contributed by atoms with Crippen LogP contribution in [0.25, 0.3) is 0 Å². The van der Waals surface area contributed by atoms with Gasteiger partial charge in [0, 0.05) is 29.6 Å². The van der Waals surface area contributed by atoms with Crippen molar-refractivity contribution in [2.45, 2.75) is 19.4 Å². The van der Waals surface area contributed by atoms with Crippen molar-refractivity contribution >= 4 is 28.6 Å². The first-order chi connectivity index (χ1) is 9.56. The lowest BCUT2D eigenvalue weighted by atomic mass is 10.1. The maximum Gasteiger partial charge on any atom is 0.269 e. The van der Waals surface area contributed by atoms with E-state index in [0.29, 0.717) is 0 Å². The SMILES string of the molecule is CC(NCCc1ccc(Cl)s1)c1cccc([N+](=O)[O-])c1. The molecule has 0 aliphatic carbocycles. The largest absolute Gasteiger partial charge is 0.310 e. The van der Waals surface area contributed by atoms with Gasteiger partial charge in [0.15, 0.2) is 0 Å². The van der Waals surface area contributed by atoms with Gasteiger partial charge in [0.05, 0.1) is 9.26 Å². The van der Waals surface area contributed by atoms with Gasteiger partial charge in [0.25, 0.3) is 5.69 Å². The highest BCUT2D eigenvalue weighted by atomic mass is 35.5. The zero-order valence-electron chi connectivity index (χ0n) is 11.0. The summed E-state index contributed by atoms with van der Waals surface area (Å²) < 4.78 is 0.798. The Kier molecular flexibility index (Phi) is 5.11. The van der Waals surface area contributed by atoms with E-state index in [1.165, 1.54) is 10.9 Å². The molecule has 0 fully saturated rings. The van der Waals surface area contributed by atoms with E-state index in [9.17, 15) is 10.1 Å². The van der Waals surface area contributed by atoms with Crippen LogP contribution in [-0.4, -0.2) is 11.5 Å². The highest BCUT2D eigenvalue weighted by Crippen LogP contribution is 2.22. The highest BCUT2D eigenvalue weighted by molar-refractivity contribution is 7.16. The van der Waals surface area contributed by atoms with E-state index in [1.54, 1.807) is 23.5 Å². The van der Waals surface area contributed by atoms with Crippen molar-refractivity contribution in [1.29, 1.82) is 0 Å². The molecule has 1 heterocycles. The van der Waals surface area contributed by atoms with Crippen molar-refractivity contribution in [1.82, 2.24) is 5.32 Å². The first-order valence-electron chi connectivity index (χ1n) is 6.28. The number of thiophene rings is 1. The van der Waals surface area contributed by atoms with E-state index < -0.39 is 0 Å². The topological polar surface area (TPSA) is 55.2 Å². The lowest BCUT2D eigenvalue weighted by Crippen LogP contribution is -2.21. The fourth-order valence-corrected chi connectivity index (χ4v) is 3.01. The second-order valence-electron chi connectivity index (χ2n) is 4.48. The van der Waals surface area contributed by atoms with Crippen molar-refractivity contribution in [3.8, 4) is 0 Å². The Morgan fingerprint density at radius 2 is 2.20 bits per heavy atom. The summed E-state index contributed by atoms with van der Waals surface area (Å²) in [4.78, 5) is 11.6. The number of nitro groups is 1. The van der Waals surface area contributed by atoms with Crippen LogP contribution in [0.4, 0.5) is 5.69 Å². The van der Waals surface area contributed by atoms with Crippen molar-refractivity contribution in [2.75, 3.05) is 6.54 Å². The monoisotopic (exact) mass is 310 g/mol. The number of nitrogens with one attached hydrogen (secondary N) is 1. The molecule has 4 nitrogen and oxygen atoms in total. The number of halogens is 1. The van der Waals surface area contributed by atoms with Gasteiger partial charge in [-0.1, -0.05) is 23.7 Å². The third kappa shape index (κ3) is 4.03. The Morgan fingerprint density at radius 3 is 2.85 bits per heavy atom. The van der Waals surface area contributed by atoms with Crippen LogP contribution in [0, 0.1) is 10.1 Å². The first kappa shape index (κ1) is 15.0. The Labute approximate surface area is 126 Å². The van der Waals surface area contributed by atoms with Crippen LogP contribution in [-0.2, 0) is 6.42 Å². The fraction of sp³-hybridized carbons (Fsp3) is 0.286. The lowest BCUT2D eigenvalue weighted by molar-refractivity contribution is -0.384. The Bertz CT molecular complexity index is 600. The number of hydrogen-bond acceptors (Lipinski definition) is 4. The summed E-state index contributed by atoms with van der Waals surface area (Å²) in [5.41, 5.74) is 1.05. The molecule has 1 aromatic heterocycles. The molecule has 0 amide bonds. The van der Waals surface area contributed by atoms with Crippen LogP contribution >= 0.6 is 22.9 Å². The van der Waals surface area contributed by atoms with Crippen molar-refractivity contribution in [2.24, 2.45) is 0 Å². The molecule has 0 spiro atoms. The molecule has 0 saturated heterocycles. The van der Waals surface area contributed by atoms with Gasteiger partial charge < -0.3 is 5.32 Å². The molecule has 20 heavy (non-hydrogen) atoms. The van der Waals surface area contributed by atoms with Crippen LogP contribution in [0.3, 0.4) is 0 Å². The summed E-state index contributed by atoms with van der Waals surface area (Å²) in [6.45, 7) is 2.81. The molecule has 1 atom stereocenters. The first-order valence-corrected chi connectivity index (χ1v) is 7.47. The quantitative estimate of drug-likeness (QED) is 0.642. The standard InChI is InChI=1S/C14H15ClN2O2S/c1-10(11-3-2-4-12(9-11)17(18)19)16-8-7-13-5-6-14(15)20-13/h2-6,9-10,16H,7-8H2,1H3. The van der Waals surface area contributed by atoms with Crippen LogP contribution < -0.4 is 5.32 Å². The van der Waals surface area contributed by atoms with Crippen LogP contribution in [0.1, 0.15) is 23.4 Å². The van der Waals surface area contributed by atoms with Gasteiger partial charge in [-0.05, 0) is 31.0 Å². The maximum atomic E-state index is 10.8. The maximum absolute atomic E-state index is 10.8. The molecule has 0 bridgehead atoms. The number of nitro benzene ring substituents is 1. The van der Waals surface area contributed by atoms with Crippen molar-refractivity contribution in [3.05, 3.63) is 61.3 Å². The number of rotatable bonds is 6. The Balaban J connectivity index is 1.89. The zero-order valence-corrected chi connectivity index (χ0v) is 12.6. The van der Waals surface area contributed by atoms with E-state index in [0.717, 1.165) is 22.9 Å². The lowest BCUT2D eigenvalue weighted by Gasteiger charge is -2.13. The predicted molar refractivity (Wildman–Crippen MR) is 82.5 cm³/mol. The van der Waals surface area contributed by atoms with Crippen LogP contribution in [0.2, 0.25) is 4.34 Å². The van der Waals surface area contributed by atoms with E-state index in [-0.39, 0.29) is 16.7 Å². The zero-order chi connectivity index (χ0) is 14.5. The molecule has 1 aromatic carbocycles. The third-order valence-electron chi connectivity index (χ3n) is 3.03. The molecule has 2 rings (SSSR count). The molecule has 0 aliphatic rings. The fourth-order valence-electron chi connectivity index (χ4n) is 1.92. The van der Waals surface area contributed by atoms with E-state index in [1.807, 2.05) is 25.1 Å². The second kappa shape index (κ2) is 6.83. The summed E-state index contributed by atoms with van der Waals surface area (Å²) in [7, 11) is 0. The summed E-state index contributed by atoms with van der Waals surface area (Å²) >= 11 is 7.46. The predicted octanol–water partition coefficient (Wildman–Crippen LogP) is 4.20. The smallest absolute Gasteiger partial charge is 0.269 e. The number of non-ortho nitro benzene ring substituents is 1. The summed E-state index contributed by atoms with van der Waals surface area (Å²) in [5, 5.41) is 14.1. The molecular formula is C14H15ClN2O2S. The number of nitrogens with zero attached hydrogens (tertiary/aromatic N) is 1. The average Bonchev–Trinajstić information content (AvgIpc) is 2.84. The van der Waals surface area contributed by atoms with Gasteiger partial charge >= 0.3 is 0 Å². The highest BCUT2D eigenvalue weighted by Gasteiger charge is 2.10. The van der Waals surface area contributed by atoms with Gasteiger partial charge in [-0.3, -0.25) is 10.1 Å². The van der Waals surface area contributed by atoms with Gasteiger partial charge in [-0.25, -0.2) is 0 Å². The molecule has 0 radical (unpaired) electrons. The minimum atomic E-state index is -0.371. The Morgan fingerprint density at radius 1 is 1.40 bits per heavy atom. The van der Waals surface area contributed by atoms with Crippen LogP contribution in [0.5, 0.6) is 0 Å². The molecular weight excluding hydrogens is 296 g/mol. The van der Waals surface area contributed by atoms with E-state index in [2.05, 4.69) is 5.32 Å². The average molecular weight is 311 g/mol. The molecule has 0 saturated carbocycles. The van der Waals surface area contributed by atoms with Gasteiger partial charge in [-0.15, -0.1) is 11.3 Å². The van der Waals surface area contributed by atoms with Gasteiger partial charge in [-0.2, -0.15) is 0 Å². The van der Waals surface area contributed by atoms with Gasteiger partial charge in [0.2, 0.25) is 0 Å². The molecule has 2 aromatic rings. The van der Waals surface area contributed by atoms with Crippen LogP contribution in [0.15, 0.2) is 36.4 Å². The molecule has 1 unspecified atom stereocenters. The second-order valence-corrected chi connectivity index (χ2v) is 6.28. The summed E-state index contributed by atoms with van der Waals surface area (Å²) in [6, 6.07) is 10.7. The van der Waals surface area contributed by atoms with Gasteiger partial charge in [0.1, 0.15) is 0 Å². The third-order valence-corrected chi connectivity index (χ3v) is 4.32. The molecule has 0 aliphatic heterocycles. The number of hydrogen-bond donors (Lipinski definition) is 1. The Hall–Kier alpha value is -1.43. The minimum absolute atomic E-state index is 0.0744. The normalized spacial score (nSPS) is 12.3. The van der Waals surface area contributed by atoms with Crippen molar-refractivity contribution < 1.29 is 4.92 Å². The minimum Gasteiger partial charge on any atom is -0.310 e. The van der Waals surface area contributed by atoms with Crippen molar-refractivity contribution in [3.63, 3.8) is 0 Å². The van der Waals surface area contributed by atoms with E-state index >= 15 is 0 Å². The molecule has 106 valence electrons. The molecule has 1 N–H and O–H groups in total. The number of benzene rings is 1. The molecule has 6 heteroatoms.